The predicted octanol–water partition coefficient (Wildman–Crippen LogP) is 4.50. The summed E-state index contributed by atoms with van der Waals surface area (Å²) in [4.78, 5) is 19.8. The van der Waals surface area contributed by atoms with Gasteiger partial charge in [-0.25, -0.2) is 9.78 Å². The van der Waals surface area contributed by atoms with Crippen LogP contribution in [0.1, 0.15) is 43.1 Å². The number of aromatic amines is 1. The molecule has 0 spiro atoms. The molecule has 0 atom stereocenters. The number of nitrogens with zero attached hydrogens (tertiary/aromatic N) is 5. The topological polar surface area (TPSA) is 94.1 Å². The highest BCUT2D eigenvalue weighted by atomic mass is 32.2. The Balaban J connectivity index is 1.13. The highest BCUT2D eigenvalue weighted by Gasteiger charge is 2.26. The lowest BCUT2D eigenvalue weighted by molar-refractivity contribution is 0.222. The van der Waals surface area contributed by atoms with Crippen molar-refractivity contribution in [1.29, 1.82) is 0 Å². The molecule has 3 aliphatic rings. The molecule has 1 aliphatic carbocycles. The van der Waals surface area contributed by atoms with E-state index in [0.717, 1.165) is 54.0 Å². The fourth-order valence-electron chi connectivity index (χ4n) is 4.20. The lowest BCUT2D eigenvalue weighted by Gasteiger charge is -2.26. The van der Waals surface area contributed by atoms with Crippen LogP contribution in [0, 0.1) is 0 Å². The van der Waals surface area contributed by atoms with Gasteiger partial charge in [-0.05, 0) is 61.9 Å². The number of H-pyrrole nitrogens is 1. The third-order valence-corrected chi connectivity index (χ3v) is 7.08. The smallest absolute Gasteiger partial charge is 0.321 e. The normalized spacial score (nSPS) is 17.6. The molecule has 0 radical (unpaired) electrons. The van der Waals surface area contributed by atoms with Crippen LogP contribution in [0.4, 0.5) is 16.3 Å². The third-order valence-electron chi connectivity index (χ3n) is 6.13. The van der Waals surface area contributed by atoms with Crippen LogP contribution < -0.4 is 10.6 Å². The maximum atomic E-state index is 12.3. The number of aromatic nitrogens is 4. The second-order valence-electron chi connectivity index (χ2n) is 8.65. The van der Waals surface area contributed by atoms with Gasteiger partial charge in [0.05, 0.1) is 12.7 Å². The van der Waals surface area contributed by atoms with Gasteiger partial charge >= 0.3 is 6.03 Å². The van der Waals surface area contributed by atoms with Crippen LogP contribution in [-0.4, -0.2) is 48.1 Å². The number of anilines is 2. The summed E-state index contributed by atoms with van der Waals surface area (Å²) in [6, 6.07) is 10.0. The average molecular weight is 463 g/mol. The molecule has 2 aromatic heterocycles. The highest BCUT2D eigenvalue weighted by Crippen LogP contribution is 2.39. The summed E-state index contributed by atoms with van der Waals surface area (Å²) in [7, 11) is 0. The van der Waals surface area contributed by atoms with Gasteiger partial charge in [-0.2, -0.15) is 5.10 Å². The van der Waals surface area contributed by atoms with Crippen molar-refractivity contribution in [3.05, 3.63) is 60.4 Å². The summed E-state index contributed by atoms with van der Waals surface area (Å²) < 4.78 is 4.20. The van der Waals surface area contributed by atoms with E-state index in [1.165, 1.54) is 18.5 Å². The van der Waals surface area contributed by atoms with Crippen molar-refractivity contribution in [2.24, 2.45) is 0 Å². The number of urea groups is 1. The molecule has 170 valence electrons. The van der Waals surface area contributed by atoms with E-state index in [1.54, 1.807) is 11.9 Å². The number of hydrogen-bond acceptors (Lipinski definition) is 6. The molecule has 1 aromatic carbocycles. The first-order valence-electron chi connectivity index (χ1n) is 11.4. The van der Waals surface area contributed by atoms with Crippen LogP contribution in [-0.2, 0) is 6.54 Å². The van der Waals surface area contributed by atoms with E-state index in [-0.39, 0.29) is 6.03 Å². The summed E-state index contributed by atoms with van der Waals surface area (Å²) >= 11 is 1.63. The fraction of sp³-hybridized carbons (Fsp3) is 0.348. The molecular formula is C23H26N8OS. The van der Waals surface area contributed by atoms with Crippen molar-refractivity contribution < 1.29 is 4.79 Å². The van der Waals surface area contributed by atoms with Crippen LogP contribution in [0.3, 0.4) is 0 Å². The summed E-state index contributed by atoms with van der Waals surface area (Å²) in [5.41, 5.74) is 2.01. The SMILES string of the molecule is O=C(Nc1ccc(SN2C=C(Nc3cc(C4CC4)[nH]n3)n3ccnc3C2)cc1)N1CCCC1. The van der Waals surface area contributed by atoms with Crippen molar-refractivity contribution in [1.82, 2.24) is 29.0 Å². The van der Waals surface area contributed by atoms with E-state index >= 15 is 0 Å². The van der Waals surface area contributed by atoms with Crippen LogP contribution in [0.5, 0.6) is 0 Å². The summed E-state index contributed by atoms with van der Waals surface area (Å²) in [5.74, 6) is 3.31. The summed E-state index contributed by atoms with van der Waals surface area (Å²) in [6.07, 6.45) is 10.5. The molecule has 2 fully saturated rings. The molecule has 3 aromatic rings. The van der Waals surface area contributed by atoms with Crippen LogP contribution >= 0.6 is 11.9 Å². The van der Waals surface area contributed by atoms with Gasteiger partial charge in [-0.15, -0.1) is 0 Å². The Morgan fingerprint density at radius 1 is 1.15 bits per heavy atom. The highest BCUT2D eigenvalue weighted by molar-refractivity contribution is 7.97. The molecule has 33 heavy (non-hydrogen) atoms. The minimum atomic E-state index is -0.0161. The molecule has 9 nitrogen and oxygen atoms in total. The van der Waals surface area contributed by atoms with E-state index in [0.29, 0.717) is 12.5 Å². The Kier molecular flexibility index (Phi) is 5.21. The molecule has 2 amide bonds. The molecule has 10 heteroatoms. The van der Waals surface area contributed by atoms with Gasteiger partial charge < -0.3 is 19.8 Å². The van der Waals surface area contributed by atoms with Crippen LogP contribution in [0.15, 0.2) is 53.8 Å². The number of imidazole rings is 1. The molecule has 6 rings (SSSR count). The Labute approximate surface area is 196 Å². The van der Waals surface area contributed by atoms with Crippen molar-refractivity contribution in [3.63, 3.8) is 0 Å². The van der Waals surface area contributed by atoms with Crippen molar-refractivity contribution >= 4 is 35.3 Å². The number of rotatable bonds is 6. The Morgan fingerprint density at radius 3 is 2.76 bits per heavy atom. The Hall–Kier alpha value is -3.40. The van der Waals surface area contributed by atoms with Crippen molar-refractivity contribution in [2.45, 2.75) is 43.0 Å². The van der Waals surface area contributed by atoms with E-state index in [9.17, 15) is 4.79 Å². The van der Waals surface area contributed by atoms with Crippen LogP contribution in [0.2, 0.25) is 0 Å². The zero-order chi connectivity index (χ0) is 22.2. The number of amides is 2. The average Bonchev–Trinajstić information content (AvgIpc) is 3.22. The fourth-order valence-corrected chi connectivity index (χ4v) is 5.06. The summed E-state index contributed by atoms with van der Waals surface area (Å²) in [5, 5.41) is 14.0. The number of carbonyl (C=O) groups is 1. The molecule has 0 bridgehead atoms. The van der Waals surface area contributed by atoms with E-state index in [4.69, 9.17) is 0 Å². The lowest BCUT2D eigenvalue weighted by Crippen LogP contribution is -2.32. The summed E-state index contributed by atoms with van der Waals surface area (Å²) in [6.45, 7) is 2.37. The largest absolute Gasteiger partial charge is 0.325 e. The number of nitrogens with one attached hydrogen (secondary N) is 3. The second kappa shape index (κ2) is 8.51. The first kappa shape index (κ1) is 20.2. The number of likely N-dealkylation sites (tertiary alicyclic amines) is 1. The van der Waals surface area contributed by atoms with Gasteiger partial charge in [0.2, 0.25) is 0 Å². The Morgan fingerprint density at radius 2 is 1.97 bits per heavy atom. The second-order valence-corrected chi connectivity index (χ2v) is 9.77. The number of hydrogen-bond donors (Lipinski definition) is 3. The quantitative estimate of drug-likeness (QED) is 0.467. The molecular weight excluding hydrogens is 436 g/mol. The Bertz CT molecular complexity index is 1170. The maximum Gasteiger partial charge on any atom is 0.321 e. The molecule has 4 heterocycles. The molecule has 1 saturated heterocycles. The van der Waals surface area contributed by atoms with E-state index in [1.807, 2.05) is 41.6 Å². The van der Waals surface area contributed by atoms with E-state index in [2.05, 4.69) is 47.0 Å². The van der Waals surface area contributed by atoms with Gasteiger partial charge in [0.1, 0.15) is 11.6 Å². The number of fused-ring (bicyclic) bond motifs is 1. The van der Waals surface area contributed by atoms with Gasteiger partial charge in [0.25, 0.3) is 0 Å². The van der Waals surface area contributed by atoms with E-state index < -0.39 is 0 Å². The first-order chi connectivity index (χ1) is 16.2. The first-order valence-corrected chi connectivity index (χ1v) is 12.2. The third kappa shape index (κ3) is 4.43. The van der Waals surface area contributed by atoms with Crippen LogP contribution in [0.25, 0.3) is 5.82 Å². The molecule has 0 unspecified atom stereocenters. The monoisotopic (exact) mass is 462 g/mol. The number of carbonyl (C=O) groups excluding carboxylic acids is 1. The van der Waals surface area contributed by atoms with Gasteiger partial charge in [0, 0.05) is 53.7 Å². The lowest BCUT2D eigenvalue weighted by atomic mass is 10.3. The molecule has 3 N–H and O–H groups in total. The van der Waals surface area contributed by atoms with Crippen molar-refractivity contribution in [2.75, 3.05) is 23.7 Å². The minimum absolute atomic E-state index is 0.0161. The molecule has 2 aliphatic heterocycles. The van der Waals surface area contributed by atoms with Crippen molar-refractivity contribution in [3.8, 4) is 0 Å². The molecule has 1 saturated carbocycles. The standard InChI is InChI=1S/C23H26N8OS/c32-23(29-10-1-2-11-29)25-17-5-7-18(8-6-17)33-30-14-21-24-9-12-31(21)22(15-30)26-20-13-19(27-28-20)16-3-4-16/h5-9,12-13,15-16H,1-4,10-11,14H2,(H,25,32)(H2,26,27,28). The van der Waals surface area contributed by atoms with Gasteiger partial charge in [-0.3, -0.25) is 9.67 Å². The maximum absolute atomic E-state index is 12.3. The zero-order valence-corrected chi connectivity index (χ0v) is 19.0. The van der Waals surface area contributed by atoms with Gasteiger partial charge in [-0.1, -0.05) is 0 Å². The van der Waals surface area contributed by atoms with Gasteiger partial charge in [0.15, 0.2) is 5.82 Å². The number of benzene rings is 1. The minimum Gasteiger partial charge on any atom is -0.325 e. The predicted molar refractivity (Wildman–Crippen MR) is 128 cm³/mol. The zero-order valence-electron chi connectivity index (χ0n) is 18.2.